The predicted molar refractivity (Wildman–Crippen MR) is 132 cm³/mol. The number of hydrogen-bond donors (Lipinski definition) is 1. The first-order chi connectivity index (χ1) is 17.3. The molecule has 1 aliphatic heterocycles. The molecule has 3 aromatic rings. The second-order valence-electron chi connectivity index (χ2n) is 7.87. The van der Waals surface area contributed by atoms with Crippen molar-refractivity contribution in [2.75, 3.05) is 18.1 Å². The summed E-state index contributed by atoms with van der Waals surface area (Å²) < 4.78 is 33.7. The number of aliphatic carboxylic acids is 1. The summed E-state index contributed by atoms with van der Waals surface area (Å²) in [6, 6.07) is 14.0. The largest absolute Gasteiger partial charge is 0.481 e. The predicted octanol–water partition coefficient (Wildman–Crippen LogP) is 2.79. The van der Waals surface area contributed by atoms with Crippen molar-refractivity contribution in [1.82, 2.24) is 9.29 Å². The van der Waals surface area contributed by atoms with Gasteiger partial charge in [-0.05, 0) is 55.0 Å². The number of anilines is 1. The number of ether oxygens (including phenoxy) is 1. The number of carboxylic acid groups (broad SMARTS) is 1. The van der Waals surface area contributed by atoms with Gasteiger partial charge in [-0.2, -0.15) is 4.31 Å². The summed E-state index contributed by atoms with van der Waals surface area (Å²) in [4.78, 5) is 30.9. The van der Waals surface area contributed by atoms with Crippen molar-refractivity contribution in [1.29, 1.82) is 0 Å². The zero-order chi connectivity index (χ0) is 25.7. The standard InChI is InChI=1S/C26H23N3O6S/c1-2-3-16-35-21-8-10-22(11-9-21)36(33,34)29-17-20-6-4-5-7-23(20)28(18-24(29)26(31)32)25(30)19-12-14-27-15-13-19/h4-15,24H,16-18H2,1H3,(H,31,32). The van der Waals surface area contributed by atoms with Crippen molar-refractivity contribution in [3.8, 4) is 17.6 Å². The van der Waals surface area contributed by atoms with Gasteiger partial charge in [-0.15, -0.1) is 5.92 Å². The number of para-hydroxylation sites is 1. The van der Waals surface area contributed by atoms with Crippen LogP contribution < -0.4 is 9.64 Å². The molecule has 9 nitrogen and oxygen atoms in total. The molecule has 1 aliphatic rings. The minimum absolute atomic E-state index is 0.0888. The maximum absolute atomic E-state index is 13.7. The fourth-order valence-electron chi connectivity index (χ4n) is 3.88. The Balaban J connectivity index is 1.73. The molecule has 2 heterocycles. The number of carboxylic acids is 1. The molecule has 4 rings (SSSR count). The van der Waals surface area contributed by atoms with Crippen LogP contribution in [0.1, 0.15) is 22.8 Å². The van der Waals surface area contributed by atoms with Gasteiger partial charge in [-0.3, -0.25) is 14.6 Å². The van der Waals surface area contributed by atoms with Crippen LogP contribution >= 0.6 is 0 Å². The quantitative estimate of drug-likeness (QED) is 0.512. The summed E-state index contributed by atoms with van der Waals surface area (Å²) in [5.41, 5.74) is 1.26. The molecule has 0 spiro atoms. The van der Waals surface area contributed by atoms with E-state index in [9.17, 15) is 23.1 Å². The number of benzene rings is 2. The minimum atomic E-state index is -4.26. The molecular formula is C26H23N3O6S. The first-order valence-corrected chi connectivity index (χ1v) is 12.4. The number of carbonyl (C=O) groups excluding carboxylic acids is 1. The Labute approximate surface area is 209 Å². The fourth-order valence-corrected chi connectivity index (χ4v) is 5.43. The van der Waals surface area contributed by atoms with Gasteiger partial charge in [0.05, 0.1) is 11.4 Å². The van der Waals surface area contributed by atoms with Crippen LogP contribution in [0.3, 0.4) is 0 Å². The summed E-state index contributed by atoms with van der Waals surface area (Å²) in [6.07, 6.45) is 2.93. The molecule has 1 amide bonds. The van der Waals surface area contributed by atoms with Gasteiger partial charge in [-0.25, -0.2) is 8.42 Å². The number of sulfonamides is 1. The molecule has 36 heavy (non-hydrogen) atoms. The summed E-state index contributed by atoms with van der Waals surface area (Å²) in [5, 5.41) is 10.1. The Morgan fingerprint density at radius 2 is 1.78 bits per heavy atom. The molecular weight excluding hydrogens is 482 g/mol. The van der Waals surface area contributed by atoms with Crippen LogP contribution in [0.2, 0.25) is 0 Å². The number of nitrogens with zero attached hydrogens (tertiary/aromatic N) is 3. The second kappa shape index (κ2) is 10.6. The Morgan fingerprint density at radius 1 is 1.08 bits per heavy atom. The lowest BCUT2D eigenvalue weighted by Gasteiger charge is -2.28. The number of pyridine rings is 1. The lowest BCUT2D eigenvalue weighted by molar-refractivity contribution is -0.141. The molecule has 0 fully saturated rings. The van der Waals surface area contributed by atoms with E-state index in [1.165, 1.54) is 53.7 Å². The fraction of sp³-hybridized carbons (Fsp3) is 0.192. The maximum atomic E-state index is 13.7. The molecule has 184 valence electrons. The SMILES string of the molecule is CC#CCOc1ccc(S(=O)(=O)N2Cc3ccccc3N(C(=O)c3ccncc3)CC2C(=O)O)cc1. The molecule has 1 unspecified atom stereocenters. The van der Waals surface area contributed by atoms with Crippen molar-refractivity contribution in [2.45, 2.75) is 24.4 Å². The summed E-state index contributed by atoms with van der Waals surface area (Å²) >= 11 is 0. The zero-order valence-electron chi connectivity index (χ0n) is 19.4. The van der Waals surface area contributed by atoms with Gasteiger partial charge in [0.15, 0.2) is 0 Å². The highest BCUT2D eigenvalue weighted by molar-refractivity contribution is 7.89. The number of rotatable bonds is 6. The molecule has 10 heteroatoms. The third-order valence-electron chi connectivity index (χ3n) is 5.69. The average molecular weight is 506 g/mol. The Bertz CT molecular complexity index is 1430. The van der Waals surface area contributed by atoms with Crippen LogP contribution in [0.25, 0.3) is 0 Å². The van der Waals surface area contributed by atoms with E-state index >= 15 is 0 Å². The topological polar surface area (TPSA) is 117 Å². The normalized spacial score (nSPS) is 15.7. The van der Waals surface area contributed by atoms with E-state index in [4.69, 9.17) is 4.74 Å². The van der Waals surface area contributed by atoms with Crippen LogP contribution in [0.4, 0.5) is 5.69 Å². The first kappa shape index (κ1) is 24.9. The molecule has 0 saturated heterocycles. The number of fused-ring (bicyclic) bond motifs is 1. The molecule has 0 aliphatic carbocycles. The van der Waals surface area contributed by atoms with Gasteiger partial charge in [0.2, 0.25) is 10.0 Å². The summed E-state index contributed by atoms with van der Waals surface area (Å²) in [5.74, 6) is 4.07. The van der Waals surface area contributed by atoms with Crippen molar-refractivity contribution in [3.05, 3.63) is 84.2 Å². The van der Waals surface area contributed by atoms with E-state index in [-0.39, 0.29) is 24.6 Å². The lowest BCUT2D eigenvalue weighted by Crippen LogP contribution is -2.50. The third kappa shape index (κ3) is 5.07. The van der Waals surface area contributed by atoms with Gasteiger partial charge in [0.1, 0.15) is 18.4 Å². The first-order valence-electron chi connectivity index (χ1n) is 11.0. The Hall–Kier alpha value is -4.20. The lowest BCUT2D eigenvalue weighted by atomic mass is 10.1. The second-order valence-corrected chi connectivity index (χ2v) is 9.76. The Kier molecular flexibility index (Phi) is 7.33. The van der Waals surface area contributed by atoms with E-state index < -0.39 is 27.9 Å². The van der Waals surface area contributed by atoms with Crippen molar-refractivity contribution < 1.29 is 27.9 Å². The molecule has 1 N–H and O–H groups in total. The number of hydrogen-bond acceptors (Lipinski definition) is 6. The van der Waals surface area contributed by atoms with Crippen molar-refractivity contribution in [2.24, 2.45) is 0 Å². The smallest absolute Gasteiger partial charge is 0.323 e. The average Bonchev–Trinajstić information content (AvgIpc) is 3.07. The van der Waals surface area contributed by atoms with E-state index in [1.54, 1.807) is 31.2 Å². The summed E-state index contributed by atoms with van der Waals surface area (Å²) in [7, 11) is -4.26. The van der Waals surface area contributed by atoms with Crippen LogP contribution in [-0.4, -0.2) is 53.9 Å². The van der Waals surface area contributed by atoms with E-state index in [1.807, 2.05) is 0 Å². The summed E-state index contributed by atoms with van der Waals surface area (Å²) in [6.45, 7) is 1.25. The number of aromatic nitrogens is 1. The molecule has 0 saturated carbocycles. The molecule has 2 aromatic carbocycles. The van der Waals surface area contributed by atoms with Crippen LogP contribution in [-0.2, 0) is 21.4 Å². The maximum Gasteiger partial charge on any atom is 0.323 e. The van der Waals surface area contributed by atoms with Crippen LogP contribution in [0.5, 0.6) is 5.75 Å². The highest BCUT2D eigenvalue weighted by atomic mass is 32.2. The molecule has 1 aromatic heterocycles. The van der Waals surface area contributed by atoms with Gasteiger partial charge in [-0.1, -0.05) is 24.1 Å². The van der Waals surface area contributed by atoms with Crippen LogP contribution in [0.15, 0.2) is 78.0 Å². The van der Waals surface area contributed by atoms with Crippen molar-refractivity contribution in [3.63, 3.8) is 0 Å². The Morgan fingerprint density at radius 3 is 2.44 bits per heavy atom. The van der Waals surface area contributed by atoms with Crippen LogP contribution in [0, 0.1) is 11.8 Å². The van der Waals surface area contributed by atoms with Crippen molar-refractivity contribution >= 4 is 27.6 Å². The monoisotopic (exact) mass is 505 g/mol. The molecule has 0 radical (unpaired) electrons. The minimum Gasteiger partial charge on any atom is -0.481 e. The number of carbonyl (C=O) groups is 2. The molecule has 0 bridgehead atoms. The molecule has 1 atom stereocenters. The van der Waals surface area contributed by atoms with E-state index in [0.29, 0.717) is 22.6 Å². The highest BCUT2D eigenvalue weighted by Gasteiger charge is 2.41. The van der Waals surface area contributed by atoms with Gasteiger partial charge in [0, 0.05) is 30.2 Å². The highest BCUT2D eigenvalue weighted by Crippen LogP contribution is 2.32. The van der Waals surface area contributed by atoms with E-state index in [2.05, 4.69) is 16.8 Å². The third-order valence-corrected chi connectivity index (χ3v) is 7.56. The number of amides is 1. The van der Waals surface area contributed by atoms with Gasteiger partial charge >= 0.3 is 5.97 Å². The zero-order valence-corrected chi connectivity index (χ0v) is 20.2. The van der Waals surface area contributed by atoms with Gasteiger partial charge < -0.3 is 14.7 Å². The van der Waals surface area contributed by atoms with Gasteiger partial charge in [0.25, 0.3) is 5.91 Å². The van der Waals surface area contributed by atoms with E-state index in [0.717, 1.165) is 4.31 Å².